The lowest BCUT2D eigenvalue weighted by atomic mass is 10.1. The third kappa shape index (κ3) is 2.62. The molecular formula is C17H18FNO. The number of fused-ring (bicyclic) bond motifs is 1. The van der Waals surface area contributed by atoms with Crippen LogP contribution < -0.4 is 4.90 Å². The third-order valence-electron chi connectivity index (χ3n) is 3.84. The Hall–Kier alpha value is -2.03. The molecule has 1 N–H and O–H groups in total. The van der Waals surface area contributed by atoms with Gasteiger partial charge in [0.1, 0.15) is 0 Å². The first kappa shape index (κ1) is 13.0. The zero-order valence-corrected chi connectivity index (χ0v) is 11.3. The molecule has 2 aromatic rings. The quantitative estimate of drug-likeness (QED) is 0.896. The Kier molecular flexibility index (Phi) is 3.59. The van der Waals surface area contributed by atoms with Crippen LogP contribution >= 0.6 is 0 Å². The second-order valence-corrected chi connectivity index (χ2v) is 5.29. The fourth-order valence-corrected chi connectivity index (χ4v) is 2.80. The minimum Gasteiger partial charge on any atom is -0.505 e. The number of phenols is 1. The molecule has 0 saturated carbocycles. The summed E-state index contributed by atoms with van der Waals surface area (Å²) in [4.78, 5) is 2.30. The average Bonchev–Trinajstić information content (AvgIpc) is 2.66. The Bertz CT molecular complexity index is 612. The Morgan fingerprint density at radius 2 is 1.95 bits per heavy atom. The number of para-hydroxylation sites is 1. The molecule has 104 valence electrons. The largest absolute Gasteiger partial charge is 0.505 e. The van der Waals surface area contributed by atoms with E-state index in [-0.39, 0.29) is 5.75 Å². The summed E-state index contributed by atoms with van der Waals surface area (Å²) >= 11 is 0. The second kappa shape index (κ2) is 5.53. The van der Waals surface area contributed by atoms with Crippen LogP contribution in [0.4, 0.5) is 10.1 Å². The van der Waals surface area contributed by atoms with Crippen LogP contribution in [0.15, 0.2) is 42.5 Å². The molecule has 0 amide bonds. The SMILES string of the molecule is Oc1ccc(CN2CCCCc3ccccc32)cc1F. The predicted octanol–water partition coefficient (Wildman–Crippen LogP) is 3.87. The molecule has 0 aromatic heterocycles. The van der Waals surface area contributed by atoms with E-state index in [0.29, 0.717) is 6.54 Å². The molecule has 3 rings (SSSR count). The number of aryl methyl sites for hydroxylation is 1. The zero-order valence-electron chi connectivity index (χ0n) is 11.3. The fraction of sp³-hybridized carbons (Fsp3) is 0.294. The van der Waals surface area contributed by atoms with Crippen LogP contribution in [0.3, 0.4) is 0 Å². The number of nitrogens with zero attached hydrogens (tertiary/aromatic N) is 1. The molecule has 3 heteroatoms. The molecule has 0 aliphatic carbocycles. The van der Waals surface area contributed by atoms with Crippen molar-refractivity contribution in [3.05, 3.63) is 59.4 Å². The van der Waals surface area contributed by atoms with Crippen molar-refractivity contribution in [1.29, 1.82) is 0 Å². The first-order valence-corrected chi connectivity index (χ1v) is 7.04. The minimum atomic E-state index is -0.550. The molecular weight excluding hydrogens is 253 g/mol. The van der Waals surface area contributed by atoms with Crippen molar-refractivity contribution < 1.29 is 9.50 Å². The molecule has 2 nitrogen and oxygen atoms in total. The lowest BCUT2D eigenvalue weighted by Gasteiger charge is -2.25. The molecule has 1 aliphatic heterocycles. The molecule has 0 bridgehead atoms. The third-order valence-corrected chi connectivity index (χ3v) is 3.84. The molecule has 0 radical (unpaired) electrons. The highest BCUT2D eigenvalue weighted by Gasteiger charge is 2.15. The van der Waals surface area contributed by atoms with E-state index in [4.69, 9.17) is 0 Å². The number of anilines is 1. The van der Waals surface area contributed by atoms with E-state index in [1.54, 1.807) is 6.07 Å². The monoisotopic (exact) mass is 271 g/mol. The number of aromatic hydroxyl groups is 1. The van der Waals surface area contributed by atoms with Gasteiger partial charge in [-0.2, -0.15) is 0 Å². The van der Waals surface area contributed by atoms with Gasteiger partial charge in [-0.15, -0.1) is 0 Å². The van der Waals surface area contributed by atoms with Crippen LogP contribution in [-0.2, 0) is 13.0 Å². The fourth-order valence-electron chi connectivity index (χ4n) is 2.80. The van der Waals surface area contributed by atoms with Gasteiger partial charge in [-0.25, -0.2) is 4.39 Å². The van der Waals surface area contributed by atoms with Crippen LogP contribution in [0.5, 0.6) is 5.75 Å². The van der Waals surface area contributed by atoms with Gasteiger partial charge in [0.2, 0.25) is 0 Å². The summed E-state index contributed by atoms with van der Waals surface area (Å²) < 4.78 is 13.4. The lowest BCUT2D eigenvalue weighted by Crippen LogP contribution is -2.23. The maximum absolute atomic E-state index is 13.4. The maximum atomic E-state index is 13.4. The number of halogens is 1. The minimum absolute atomic E-state index is 0.287. The summed E-state index contributed by atoms with van der Waals surface area (Å²) in [5.41, 5.74) is 3.50. The summed E-state index contributed by atoms with van der Waals surface area (Å²) in [5.74, 6) is -0.837. The van der Waals surface area contributed by atoms with E-state index in [1.165, 1.54) is 29.8 Å². The topological polar surface area (TPSA) is 23.5 Å². The summed E-state index contributed by atoms with van der Waals surface area (Å²) in [5, 5.41) is 9.26. The van der Waals surface area contributed by atoms with Gasteiger partial charge in [0.05, 0.1) is 0 Å². The van der Waals surface area contributed by atoms with Gasteiger partial charge in [0, 0.05) is 18.8 Å². The molecule has 0 unspecified atom stereocenters. The van der Waals surface area contributed by atoms with Gasteiger partial charge in [0.15, 0.2) is 11.6 Å². The van der Waals surface area contributed by atoms with Crippen LogP contribution in [0.25, 0.3) is 0 Å². The van der Waals surface area contributed by atoms with E-state index in [2.05, 4.69) is 29.2 Å². The number of hydrogen-bond donors (Lipinski definition) is 1. The van der Waals surface area contributed by atoms with E-state index < -0.39 is 5.82 Å². The maximum Gasteiger partial charge on any atom is 0.165 e. The smallest absolute Gasteiger partial charge is 0.165 e. The Balaban J connectivity index is 1.88. The van der Waals surface area contributed by atoms with Crippen molar-refractivity contribution in [2.75, 3.05) is 11.4 Å². The van der Waals surface area contributed by atoms with Gasteiger partial charge in [-0.05, 0) is 48.6 Å². The van der Waals surface area contributed by atoms with E-state index in [1.807, 2.05) is 0 Å². The number of hydrogen-bond acceptors (Lipinski definition) is 2. The number of rotatable bonds is 2. The molecule has 1 aliphatic rings. The van der Waals surface area contributed by atoms with Crippen LogP contribution in [-0.4, -0.2) is 11.7 Å². The molecule has 0 saturated heterocycles. The highest BCUT2D eigenvalue weighted by atomic mass is 19.1. The second-order valence-electron chi connectivity index (χ2n) is 5.29. The summed E-state index contributed by atoms with van der Waals surface area (Å²) in [7, 11) is 0. The molecule has 0 fully saturated rings. The van der Waals surface area contributed by atoms with E-state index >= 15 is 0 Å². The van der Waals surface area contributed by atoms with Crippen LogP contribution in [0, 0.1) is 5.82 Å². The van der Waals surface area contributed by atoms with Crippen molar-refractivity contribution in [1.82, 2.24) is 0 Å². The first-order valence-electron chi connectivity index (χ1n) is 7.04. The van der Waals surface area contributed by atoms with Crippen molar-refractivity contribution in [2.45, 2.75) is 25.8 Å². The first-order chi connectivity index (χ1) is 9.74. The lowest BCUT2D eigenvalue weighted by molar-refractivity contribution is 0.431. The molecule has 0 atom stereocenters. The van der Waals surface area contributed by atoms with E-state index in [0.717, 1.165) is 24.9 Å². The normalized spacial score (nSPS) is 14.8. The summed E-state index contributed by atoms with van der Waals surface area (Å²) in [6, 6.07) is 13.1. The van der Waals surface area contributed by atoms with E-state index in [9.17, 15) is 9.50 Å². The van der Waals surface area contributed by atoms with Gasteiger partial charge >= 0.3 is 0 Å². The van der Waals surface area contributed by atoms with Crippen LogP contribution in [0.2, 0.25) is 0 Å². The molecule has 2 aromatic carbocycles. The van der Waals surface area contributed by atoms with Crippen molar-refractivity contribution in [3.63, 3.8) is 0 Å². The van der Waals surface area contributed by atoms with Crippen molar-refractivity contribution >= 4 is 5.69 Å². The van der Waals surface area contributed by atoms with Crippen molar-refractivity contribution in [2.24, 2.45) is 0 Å². The van der Waals surface area contributed by atoms with Gasteiger partial charge in [-0.3, -0.25) is 0 Å². The molecule has 20 heavy (non-hydrogen) atoms. The Morgan fingerprint density at radius 3 is 2.80 bits per heavy atom. The van der Waals surface area contributed by atoms with Crippen molar-refractivity contribution in [3.8, 4) is 5.75 Å². The molecule has 0 spiro atoms. The highest BCUT2D eigenvalue weighted by Crippen LogP contribution is 2.28. The highest BCUT2D eigenvalue weighted by molar-refractivity contribution is 5.54. The zero-order chi connectivity index (χ0) is 13.9. The van der Waals surface area contributed by atoms with Gasteiger partial charge in [-0.1, -0.05) is 24.3 Å². The number of benzene rings is 2. The Morgan fingerprint density at radius 1 is 1.10 bits per heavy atom. The average molecular weight is 271 g/mol. The summed E-state index contributed by atoms with van der Waals surface area (Å²) in [6.45, 7) is 1.66. The van der Waals surface area contributed by atoms with Gasteiger partial charge < -0.3 is 10.0 Å². The van der Waals surface area contributed by atoms with Gasteiger partial charge in [0.25, 0.3) is 0 Å². The molecule has 1 heterocycles. The summed E-state index contributed by atoms with van der Waals surface area (Å²) in [6.07, 6.45) is 3.45. The van der Waals surface area contributed by atoms with Crippen LogP contribution in [0.1, 0.15) is 24.0 Å². The predicted molar refractivity (Wildman–Crippen MR) is 78.5 cm³/mol. The number of phenolic OH excluding ortho intramolecular Hbond substituents is 1. The standard InChI is InChI=1S/C17H18FNO/c18-15-11-13(8-9-17(15)20)12-19-10-4-3-6-14-5-1-2-7-16(14)19/h1-2,5,7-9,11,20H,3-4,6,10,12H2. The Labute approximate surface area is 118 Å².